The van der Waals surface area contributed by atoms with Crippen LogP contribution in [0.25, 0.3) is 11.1 Å². The third-order valence-corrected chi connectivity index (χ3v) is 6.48. The molecule has 3 aromatic rings. The lowest BCUT2D eigenvalue weighted by molar-refractivity contribution is -0.137. The number of hydrogen-bond acceptors (Lipinski definition) is 4. The second kappa shape index (κ2) is 13.1. The molecule has 0 aliphatic carbocycles. The molecule has 1 atom stereocenters. The van der Waals surface area contributed by atoms with Crippen LogP contribution < -0.4 is 10.6 Å². The van der Waals surface area contributed by atoms with E-state index < -0.39 is 17.8 Å². The van der Waals surface area contributed by atoms with Crippen molar-refractivity contribution in [2.45, 2.75) is 59.2 Å². The first kappa shape index (κ1) is 30.8. The summed E-state index contributed by atoms with van der Waals surface area (Å²) in [5.74, 6) is 0.239. The smallest absolute Gasteiger partial charge is 0.309 e. The number of amides is 2. The van der Waals surface area contributed by atoms with E-state index >= 15 is 0 Å². The zero-order valence-electron chi connectivity index (χ0n) is 24.1. The zero-order chi connectivity index (χ0) is 29.6. The maximum atomic E-state index is 13.0. The van der Waals surface area contributed by atoms with Crippen LogP contribution in [0, 0.1) is 6.92 Å². The molecule has 40 heavy (non-hydrogen) atoms. The molecule has 0 aliphatic rings. The number of carbonyl (C=O) groups is 1. The number of pyridine rings is 1. The first-order valence-electron chi connectivity index (χ1n) is 13.3. The van der Waals surface area contributed by atoms with Gasteiger partial charge in [0.25, 0.3) is 0 Å². The molecule has 1 aromatic heterocycles. The highest BCUT2D eigenvalue weighted by molar-refractivity contribution is 6.06. The van der Waals surface area contributed by atoms with Crippen LogP contribution in [0.15, 0.2) is 59.6 Å². The van der Waals surface area contributed by atoms with Crippen molar-refractivity contribution in [3.63, 3.8) is 0 Å². The van der Waals surface area contributed by atoms with Crippen LogP contribution >= 0.6 is 0 Å². The zero-order valence-corrected chi connectivity index (χ0v) is 24.1. The Morgan fingerprint density at radius 3 is 2.25 bits per heavy atom. The third-order valence-electron chi connectivity index (χ3n) is 6.48. The van der Waals surface area contributed by atoms with E-state index in [1.54, 1.807) is 12.1 Å². The fourth-order valence-electron chi connectivity index (χ4n) is 4.38. The molecule has 0 aliphatic heterocycles. The minimum atomic E-state index is -4.49. The molecule has 6 nitrogen and oxygen atoms in total. The van der Waals surface area contributed by atoms with Gasteiger partial charge in [0.1, 0.15) is 0 Å². The van der Waals surface area contributed by atoms with E-state index in [1.807, 2.05) is 40.1 Å². The standard InChI is InChI=1S/C31H38F3N5O/c1-19(2)28-18-27(29(22(5)36-28)21(4)35-20(3)15-16-39(6)7)23-11-13-25(14-12-23)37-30(40)38-26-10-8-9-24(17-26)31(32,33)34/h8-14,17-20H,15-16H2,1-7H3,(H2,37,38,40). The van der Waals surface area contributed by atoms with Crippen molar-refractivity contribution in [3.8, 4) is 11.1 Å². The minimum absolute atomic E-state index is 0.0524. The maximum absolute atomic E-state index is 13.0. The van der Waals surface area contributed by atoms with Gasteiger partial charge in [0, 0.05) is 40.1 Å². The van der Waals surface area contributed by atoms with Crippen molar-refractivity contribution < 1.29 is 18.0 Å². The van der Waals surface area contributed by atoms with Crippen molar-refractivity contribution in [3.05, 3.63) is 77.1 Å². The van der Waals surface area contributed by atoms with E-state index in [0.717, 1.165) is 58.9 Å². The summed E-state index contributed by atoms with van der Waals surface area (Å²) in [5.41, 5.74) is 5.48. The number of carbonyl (C=O) groups excluding carboxylic acids is 1. The average Bonchev–Trinajstić information content (AvgIpc) is 2.87. The molecule has 2 amide bonds. The molecule has 0 bridgehead atoms. The molecule has 2 aromatic carbocycles. The molecule has 0 saturated heterocycles. The van der Waals surface area contributed by atoms with E-state index in [9.17, 15) is 18.0 Å². The lowest BCUT2D eigenvalue weighted by atomic mass is 9.93. The Morgan fingerprint density at radius 2 is 1.65 bits per heavy atom. The van der Waals surface area contributed by atoms with Crippen LogP contribution in [0.3, 0.4) is 0 Å². The largest absolute Gasteiger partial charge is 0.416 e. The molecule has 0 saturated carbocycles. The van der Waals surface area contributed by atoms with Crippen LogP contribution in [0.1, 0.15) is 62.5 Å². The van der Waals surface area contributed by atoms with Crippen molar-refractivity contribution in [2.75, 3.05) is 31.3 Å². The fourth-order valence-corrected chi connectivity index (χ4v) is 4.38. The summed E-state index contributed by atoms with van der Waals surface area (Å²) in [5, 5.41) is 5.14. The number of nitrogens with zero attached hydrogens (tertiary/aromatic N) is 3. The molecular weight excluding hydrogens is 515 g/mol. The Kier molecular flexibility index (Phi) is 10.1. The van der Waals surface area contributed by atoms with Crippen LogP contribution in [0.5, 0.6) is 0 Å². The molecule has 0 fully saturated rings. The number of aromatic nitrogens is 1. The summed E-state index contributed by atoms with van der Waals surface area (Å²) < 4.78 is 39.0. The monoisotopic (exact) mass is 553 g/mol. The van der Waals surface area contributed by atoms with Crippen LogP contribution in [-0.4, -0.2) is 48.3 Å². The number of halogens is 3. The van der Waals surface area contributed by atoms with Gasteiger partial charge in [-0.05, 0) is 101 Å². The number of alkyl halides is 3. The van der Waals surface area contributed by atoms with Gasteiger partial charge in [-0.2, -0.15) is 13.2 Å². The number of nitrogens with one attached hydrogen (secondary N) is 2. The number of aryl methyl sites for hydroxylation is 1. The summed E-state index contributed by atoms with van der Waals surface area (Å²) in [6, 6.07) is 13.5. The quantitative estimate of drug-likeness (QED) is 0.264. The van der Waals surface area contributed by atoms with Gasteiger partial charge in [-0.15, -0.1) is 0 Å². The van der Waals surface area contributed by atoms with Gasteiger partial charge in [-0.25, -0.2) is 4.79 Å². The van der Waals surface area contributed by atoms with Crippen LogP contribution in [-0.2, 0) is 6.18 Å². The minimum Gasteiger partial charge on any atom is -0.309 e. The average molecular weight is 554 g/mol. The molecule has 1 heterocycles. The predicted molar refractivity (Wildman–Crippen MR) is 157 cm³/mol. The number of aliphatic imine (C=N–C) groups is 1. The van der Waals surface area contributed by atoms with E-state index in [0.29, 0.717) is 5.69 Å². The van der Waals surface area contributed by atoms with E-state index in [2.05, 4.69) is 42.4 Å². The van der Waals surface area contributed by atoms with Crippen molar-refractivity contribution in [1.29, 1.82) is 0 Å². The maximum Gasteiger partial charge on any atom is 0.416 e. The van der Waals surface area contributed by atoms with Crippen LogP contribution in [0.2, 0.25) is 0 Å². The third kappa shape index (κ3) is 8.39. The Labute approximate surface area is 234 Å². The van der Waals surface area contributed by atoms with Gasteiger partial charge in [0.2, 0.25) is 0 Å². The van der Waals surface area contributed by atoms with Crippen molar-refractivity contribution in [2.24, 2.45) is 4.99 Å². The Bertz CT molecular complexity index is 1350. The predicted octanol–water partition coefficient (Wildman–Crippen LogP) is 7.99. The van der Waals surface area contributed by atoms with Crippen molar-refractivity contribution in [1.82, 2.24) is 9.88 Å². The normalized spacial score (nSPS) is 13.1. The summed E-state index contributed by atoms with van der Waals surface area (Å²) in [6.07, 6.45) is -3.55. The second-order valence-electron chi connectivity index (χ2n) is 10.6. The van der Waals surface area contributed by atoms with Gasteiger partial charge < -0.3 is 15.5 Å². The van der Waals surface area contributed by atoms with Gasteiger partial charge in [-0.3, -0.25) is 9.98 Å². The molecule has 2 N–H and O–H groups in total. The van der Waals surface area contributed by atoms with E-state index in [4.69, 9.17) is 9.98 Å². The molecular formula is C31H38F3N5O. The molecule has 3 rings (SSSR count). The summed E-state index contributed by atoms with van der Waals surface area (Å²) in [6.45, 7) is 11.3. The molecule has 0 radical (unpaired) electrons. The highest BCUT2D eigenvalue weighted by atomic mass is 19.4. The second-order valence-corrected chi connectivity index (χ2v) is 10.6. The first-order valence-corrected chi connectivity index (χ1v) is 13.3. The van der Waals surface area contributed by atoms with Gasteiger partial charge in [-0.1, -0.05) is 32.0 Å². The summed E-state index contributed by atoms with van der Waals surface area (Å²) in [7, 11) is 4.10. The Hall–Kier alpha value is -3.72. The fraction of sp³-hybridized carbons (Fsp3) is 0.387. The van der Waals surface area contributed by atoms with Crippen molar-refractivity contribution >= 4 is 23.1 Å². The Balaban J connectivity index is 1.85. The van der Waals surface area contributed by atoms with Crippen LogP contribution in [0.4, 0.5) is 29.3 Å². The number of benzene rings is 2. The van der Waals surface area contributed by atoms with Gasteiger partial charge in [0.15, 0.2) is 0 Å². The highest BCUT2D eigenvalue weighted by Gasteiger charge is 2.30. The molecule has 0 spiro atoms. The Morgan fingerprint density at radius 1 is 1.00 bits per heavy atom. The van der Waals surface area contributed by atoms with E-state index in [1.165, 1.54) is 12.1 Å². The number of rotatable bonds is 9. The topological polar surface area (TPSA) is 69.6 Å². The molecule has 1 unspecified atom stereocenters. The summed E-state index contributed by atoms with van der Waals surface area (Å²) in [4.78, 5) is 24.4. The van der Waals surface area contributed by atoms with E-state index in [-0.39, 0.29) is 17.6 Å². The SMILES string of the molecule is CC(=NC(C)CCN(C)C)c1c(-c2ccc(NC(=O)Nc3cccc(C(F)(F)F)c3)cc2)cc(C(C)C)nc1C. The number of hydrogen-bond donors (Lipinski definition) is 2. The number of urea groups is 1. The first-order chi connectivity index (χ1) is 18.7. The highest BCUT2D eigenvalue weighted by Crippen LogP contribution is 2.32. The van der Waals surface area contributed by atoms with Gasteiger partial charge >= 0.3 is 12.2 Å². The number of anilines is 2. The lowest BCUT2D eigenvalue weighted by Gasteiger charge is -2.18. The summed E-state index contributed by atoms with van der Waals surface area (Å²) >= 11 is 0. The lowest BCUT2D eigenvalue weighted by Crippen LogP contribution is -2.19. The molecule has 9 heteroatoms. The van der Waals surface area contributed by atoms with Gasteiger partial charge in [0.05, 0.1) is 5.56 Å². The molecule has 214 valence electrons.